The minimum Gasteiger partial charge on any atom is -0.312 e. The van der Waals surface area contributed by atoms with Crippen molar-refractivity contribution < 1.29 is 26.4 Å². The molecule has 0 atom stereocenters. The van der Waals surface area contributed by atoms with Crippen molar-refractivity contribution in [2.45, 2.75) is 30.8 Å². The van der Waals surface area contributed by atoms with E-state index >= 15 is 0 Å². The lowest BCUT2D eigenvalue weighted by atomic mass is 10.2. The molecule has 3 rings (SSSR count). The van der Waals surface area contributed by atoms with Gasteiger partial charge in [-0.15, -0.1) is 0 Å². The first-order valence-electron chi connectivity index (χ1n) is 8.36. The molecule has 0 spiro atoms. The van der Waals surface area contributed by atoms with Gasteiger partial charge in [0, 0.05) is 24.3 Å². The zero-order valence-electron chi connectivity index (χ0n) is 14.7. The van der Waals surface area contributed by atoms with Crippen LogP contribution in [0.2, 0.25) is 5.02 Å². The Bertz CT molecular complexity index is 1040. The highest BCUT2D eigenvalue weighted by atomic mass is 35.5. The molecule has 28 heavy (non-hydrogen) atoms. The molecular weight excluding hydrogens is 417 g/mol. The highest BCUT2D eigenvalue weighted by Gasteiger charge is 2.34. The number of hydrogen-bond donors (Lipinski definition) is 1. The van der Waals surface area contributed by atoms with Gasteiger partial charge in [0.15, 0.2) is 0 Å². The number of rotatable bonds is 4. The van der Waals surface area contributed by atoms with Crippen molar-refractivity contribution in [1.29, 1.82) is 0 Å². The fraction of sp³-hybridized carbons (Fsp3) is 0.278. The molecule has 10 heteroatoms. The summed E-state index contributed by atoms with van der Waals surface area (Å²) in [5.74, 6) is -0.0617. The Morgan fingerprint density at radius 1 is 1.21 bits per heavy atom. The number of fused-ring (bicyclic) bond motifs is 1. The minimum absolute atomic E-state index is 0.0617. The van der Waals surface area contributed by atoms with Crippen LogP contribution >= 0.6 is 11.6 Å². The van der Waals surface area contributed by atoms with Gasteiger partial charge in [0.1, 0.15) is 0 Å². The lowest BCUT2D eigenvalue weighted by molar-refractivity contribution is -0.137. The van der Waals surface area contributed by atoms with Gasteiger partial charge in [-0.3, -0.25) is 9.52 Å². The molecule has 0 unspecified atom stereocenters. The monoisotopic (exact) mass is 432 g/mol. The summed E-state index contributed by atoms with van der Waals surface area (Å²) >= 11 is 5.55. The molecule has 0 fully saturated rings. The van der Waals surface area contributed by atoms with Crippen LogP contribution in [-0.2, 0) is 27.4 Å². The van der Waals surface area contributed by atoms with Gasteiger partial charge in [0.25, 0.3) is 10.0 Å². The molecule has 0 aliphatic carbocycles. The van der Waals surface area contributed by atoms with E-state index in [-0.39, 0.29) is 16.5 Å². The van der Waals surface area contributed by atoms with Gasteiger partial charge < -0.3 is 4.90 Å². The van der Waals surface area contributed by atoms with Crippen LogP contribution in [0.25, 0.3) is 0 Å². The Labute approximate surface area is 165 Å². The van der Waals surface area contributed by atoms with Crippen LogP contribution < -0.4 is 9.62 Å². The molecule has 1 amide bonds. The van der Waals surface area contributed by atoms with E-state index in [9.17, 15) is 26.4 Å². The molecule has 0 bridgehead atoms. The van der Waals surface area contributed by atoms with Gasteiger partial charge in [0.05, 0.1) is 15.5 Å². The first kappa shape index (κ1) is 20.5. The Balaban J connectivity index is 1.90. The second-order valence-corrected chi connectivity index (χ2v) is 8.33. The fourth-order valence-corrected chi connectivity index (χ4v) is 4.34. The highest BCUT2D eigenvalue weighted by Crippen LogP contribution is 2.37. The van der Waals surface area contributed by atoms with Crippen LogP contribution in [0.4, 0.5) is 24.5 Å². The third kappa shape index (κ3) is 3.95. The third-order valence-corrected chi connectivity index (χ3v) is 6.09. The van der Waals surface area contributed by atoms with Crippen molar-refractivity contribution in [2.24, 2.45) is 0 Å². The second-order valence-electron chi connectivity index (χ2n) is 6.24. The van der Waals surface area contributed by atoms with Crippen molar-refractivity contribution in [3.8, 4) is 0 Å². The maximum absolute atomic E-state index is 13.0. The summed E-state index contributed by atoms with van der Waals surface area (Å²) in [6, 6.07) is 7.08. The highest BCUT2D eigenvalue weighted by molar-refractivity contribution is 7.92. The average Bonchev–Trinajstić information content (AvgIpc) is 3.04. The van der Waals surface area contributed by atoms with E-state index in [0.717, 1.165) is 12.1 Å². The SMILES string of the molecule is CCC(=O)N1CCc2cc(S(=O)(=O)Nc3ccc(Cl)c(C(F)(F)F)c3)ccc21. The van der Waals surface area contributed by atoms with Gasteiger partial charge in [-0.05, 0) is 48.4 Å². The normalized spacial score (nSPS) is 14.1. The molecule has 0 saturated heterocycles. The van der Waals surface area contributed by atoms with E-state index in [1.165, 1.54) is 18.2 Å². The van der Waals surface area contributed by atoms with Crippen LogP contribution in [0.15, 0.2) is 41.3 Å². The van der Waals surface area contributed by atoms with Crippen molar-refractivity contribution in [1.82, 2.24) is 0 Å². The van der Waals surface area contributed by atoms with E-state index in [2.05, 4.69) is 4.72 Å². The van der Waals surface area contributed by atoms with Crippen LogP contribution in [0.5, 0.6) is 0 Å². The Kier molecular flexibility index (Phi) is 5.33. The summed E-state index contributed by atoms with van der Waals surface area (Å²) in [7, 11) is -4.12. The van der Waals surface area contributed by atoms with E-state index in [0.29, 0.717) is 36.7 Å². The number of benzene rings is 2. The topological polar surface area (TPSA) is 66.5 Å². The summed E-state index contributed by atoms with van der Waals surface area (Å²) in [5.41, 5.74) is -0.0366. The number of nitrogens with zero attached hydrogens (tertiary/aromatic N) is 1. The largest absolute Gasteiger partial charge is 0.417 e. The standard InChI is InChI=1S/C18H16ClF3N2O3S/c1-2-17(25)24-8-7-11-9-13(4-6-16(11)24)28(26,27)23-12-3-5-15(19)14(10-12)18(20,21)22/h3-6,9-10,23H,2,7-8H2,1H3. The molecule has 150 valence electrons. The van der Waals surface area contributed by atoms with E-state index in [1.54, 1.807) is 11.8 Å². The molecule has 1 heterocycles. The van der Waals surface area contributed by atoms with E-state index < -0.39 is 26.8 Å². The minimum atomic E-state index is -4.71. The van der Waals surface area contributed by atoms with Gasteiger partial charge in [-0.2, -0.15) is 13.2 Å². The fourth-order valence-electron chi connectivity index (χ4n) is 3.02. The number of carbonyl (C=O) groups is 1. The van der Waals surface area contributed by atoms with Gasteiger partial charge in [-0.25, -0.2) is 8.42 Å². The van der Waals surface area contributed by atoms with Crippen molar-refractivity contribution >= 4 is 38.9 Å². The predicted molar refractivity (Wildman–Crippen MR) is 100 cm³/mol. The maximum Gasteiger partial charge on any atom is 0.417 e. The van der Waals surface area contributed by atoms with Gasteiger partial charge in [-0.1, -0.05) is 18.5 Å². The molecule has 0 radical (unpaired) electrons. The number of halogens is 4. The number of amides is 1. The number of anilines is 2. The van der Waals surface area contributed by atoms with E-state index in [4.69, 9.17) is 11.6 Å². The summed E-state index contributed by atoms with van der Waals surface area (Å²) in [6.45, 7) is 2.20. The quantitative estimate of drug-likeness (QED) is 0.775. The Hall–Kier alpha value is -2.26. The molecule has 1 N–H and O–H groups in total. The second kappa shape index (κ2) is 7.29. The van der Waals surface area contributed by atoms with Crippen molar-refractivity contribution in [3.63, 3.8) is 0 Å². The van der Waals surface area contributed by atoms with Crippen LogP contribution in [0.3, 0.4) is 0 Å². The number of nitrogens with one attached hydrogen (secondary N) is 1. The zero-order valence-corrected chi connectivity index (χ0v) is 16.2. The van der Waals surface area contributed by atoms with Crippen LogP contribution in [0.1, 0.15) is 24.5 Å². The lowest BCUT2D eigenvalue weighted by Gasteiger charge is -2.17. The van der Waals surface area contributed by atoms with Gasteiger partial charge in [0.2, 0.25) is 5.91 Å². The smallest absolute Gasteiger partial charge is 0.312 e. The number of hydrogen-bond acceptors (Lipinski definition) is 3. The summed E-state index contributed by atoms with van der Waals surface area (Å²) in [4.78, 5) is 13.4. The molecule has 0 saturated carbocycles. The molecule has 5 nitrogen and oxygen atoms in total. The van der Waals surface area contributed by atoms with Crippen molar-refractivity contribution in [3.05, 3.63) is 52.5 Å². The molecule has 2 aromatic carbocycles. The van der Waals surface area contributed by atoms with Gasteiger partial charge >= 0.3 is 6.18 Å². The van der Waals surface area contributed by atoms with Crippen molar-refractivity contribution in [2.75, 3.05) is 16.2 Å². The molecular formula is C18H16ClF3N2O3S. The maximum atomic E-state index is 13.0. The number of sulfonamides is 1. The predicted octanol–water partition coefficient (Wildman–Crippen LogP) is 4.46. The first-order chi connectivity index (χ1) is 13.0. The summed E-state index contributed by atoms with van der Waals surface area (Å²) in [6.07, 6.45) is -3.87. The molecule has 0 aromatic heterocycles. The number of carbonyl (C=O) groups excluding carboxylic acids is 1. The summed E-state index contributed by atoms with van der Waals surface area (Å²) in [5, 5.41) is -0.520. The van der Waals surface area contributed by atoms with Crippen LogP contribution in [-0.4, -0.2) is 20.9 Å². The Morgan fingerprint density at radius 2 is 1.93 bits per heavy atom. The average molecular weight is 433 g/mol. The first-order valence-corrected chi connectivity index (χ1v) is 10.2. The number of alkyl halides is 3. The summed E-state index contributed by atoms with van der Waals surface area (Å²) < 4.78 is 66.3. The van der Waals surface area contributed by atoms with Crippen LogP contribution in [0, 0.1) is 0 Å². The zero-order chi connectivity index (χ0) is 20.7. The molecule has 1 aliphatic heterocycles. The third-order valence-electron chi connectivity index (χ3n) is 4.38. The molecule has 2 aromatic rings. The Morgan fingerprint density at radius 3 is 2.57 bits per heavy atom. The molecule has 1 aliphatic rings. The lowest BCUT2D eigenvalue weighted by Crippen LogP contribution is -2.27. The van der Waals surface area contributed by atoms with E-state index in [1.807, 2.05) is 0 Å².